The normalized spacial score (nSPS) is 22.1. The predicted octanol–water partition coefficient (Wildman–Crippen LogP) is 2.32. The molecule has 0 aromatic heterocycles. The van der Waals surface area contributed by atoms with Gasteiger partial charge in [-0.3, -0.25) is 19.2 Å². The standard InChI is InChI=1S/C33H52O16/c1-29(42-13-14-43-29)9-5-25(34)38-21-33(22-39-26(35)6-10-30(2)44-15-16-45-30,23-40-27(36)7-11-31(3)46-17-18-47-31)24-41-28(37)8-12-32(4)48-19-20-49-32/h5-24H2,1-4H3. The molecule has 280 valence electrons. The molecular weight excluding hydrogens is 652 g/mol. The van der Waals surface area contributed by atoms with Gasteiger partial charge in [0.05, 0.1) is 78.5 Å². The number of rotatable bonds is 20. The Morgan fingerprint density at radius 1 is 0.408 bits per heavy atom. The summed E-state index contributed by atoms with van der Waals surface area (Å²) in [5.41, 5.74) is -1.44. The van der Waals surface area contributed by atoms with Gasteiger partial charge in [0.15, 0.2) is 23.1 Å². The van der Waals surface area contributed by atoms with E-state index in [1.165, 1.54) is 0 Å². The van der Waals surface area contributed by atoms with E-state index in [-0.39, 0.29) is 51.4 Å². The Morgan fingerprint density at radius 2 is 0.592 bits per heavy atom. The fraction of sp³-hybridized carbons (Fsp3) is 0.879. The fourth-order valence-corrected chi connectivity index (χ4v) is 5.59. The number of hydrogen-bond donors (Lipinski definition) is 0. The van der Waals surface area contributed by atoms with Gasteiger partial charge in [-0.2, -0.15) is 0 Å². The van der Waals surface area contributed by atoms with Crippen LogP contribution in [0.5, 0.6) is 0 Å². The van der Waals surface area contributed by atoms with Gasteiger partial charge in [0.1, 0.15) is 31.8 Å². The van der Waals surface area contributed by atoms with Crippen LogP contribution in [0.4, 0.5) is 0 Å². The average molecular weight is 705 g/mol. The quantitative estimate of drug-likeness (QED) is 0.133. The molecule has 49 heavy (non-hydrogen) atoms. The smallest absolute Gasteiger partial charge is 0.306 e. The molecule has 4 aliphatic heterocycles. The molecule has 0 aliphatic carbocycles. The molecule has 0 atom stereocenters. The Morgan fingerprint density at radius 3 is 0.776 bits per heavy atom. The van der Waals surface area contributed by atoms with E-state index >= 15 is 0 Å². The lowest BCUT2D eigenvalue weighted by Crippen LogP contribution is -2.44. The lowest BCUT2D eigenvalue weighted by Gasteiger charge is -2.32. The van der Waals surface area contributed by atoms with Crippen molar-refractivity contribution in [3.8, 4) is 0 Å². The molecule has 4 fully saturated rings. The number of ether oxygens (including phenoxy) is 12. The first-order valence-corrected chi connectivity index (χ1v) is 17.0. The zero-order chi connectivity index (χ0) is 35.4. The highest BCUT2D eigenvalue weighted by Gasteiger charge is 2.40. The predicted molar refractivity (Wildman–Crippen MR) is 164 cm³/mol. The first-order chi connectivity index (χ1) is 23.2. The lowest BCUT2D eigenvalue weighted by atomic mass is 9.92. The molecule has 16 nitrogen and oxygen atoms in total. The molecule has 0 bridgehead atoms. The van der Waals surface area contributed by atoms with Gasteiger partial charge in [0, 0.05) is 25.7 Å². The van der Waals surface area contributed by atoms with Crippen LogP contribution in [0.25, 0.3) is 0 Å². The summed E-state index contributed by atoms with van der Waals surface area (Å²) in [4.78, 5) is 51.7. The van der Waals surface area contributed by atoms with E-state index < -0.39 is 78.9 Å². The van der Waals surface area contributed by atoms with Gasteiger partial charge in [-0.05, 0) is 27.7 Å². The van der Waals surface area contributed by atoms with Crippen molar-refractivity contribution in [3.05, 3.63) is 0 Å². The van der Waals surface area contributed by atoms with E-state index in [1.54, 1.807) is 27.7 Å². The number of esters is 4. The summed E-state index contributed by atoms with van der Waals surface area (Å²) >= 11 is 0. The highest BCUT2D eigenvalue weighted by Crippen LogP contribution is 2.29. The molecule has 16 heteroatoms. The van der Waals surface area contributed by atoms with Crippen LogP contribution >= 0.6 is 0 Å². The van der Waals surface area contributed by atoms with Crippen LogP contribution in [0.2, 0.25) is 0 Å². The summed E-state index contributed by atoms with van der Waals surface area (Å²) in [5, 5.41) is 0. The van der Waals surface area contributed by atoms with Crippen molar-refractivity contribution < 1.29 is 76.0 Å². The molecule has 0 aromatic carbocycles. The maximum atomic E-state index is 12.9. The highest BCUT2D eigenvalue weighted by atomic mass is 16.8. The van der Waals surface area contributed by atoms with Crippen molar-refractivity contribution >= 4 is 23.9 Å². The highest BCUT2D eigenvalue weighted by molar-refractivity contribution is 5.71. The van der Waals surface area contributed by atoms with Crippen LogP contribution in [0.3, 0.4) is 0 Å². The molecule has 0 spiro atoms. The van der Waals surface area contributed by atoms with Crippen molar-refractivity contribution in [3.63, 3.8) is 0 Å². The maximum absolute atomic E-state index is 12.9. The third kappa shape index (κ3) is 13.0. The lowest BCUT2D eigenvalue weighted by molar-refractivity contribution is -0.180. The fourth-order valence-electron chi connectivity index (χ4n) is 5.59. The second kappa shape index (κ2) is 17.7. The zero-order valence-electron chi connectivity index (χ0n) is 29.2. The molecule has 4 heterocycles. The summed E-state index contributed by atoms with van der Waals surface area (Å²) in [7, 11) is 0. The van der Waals surface area contributed by atoms with Crippen molar-refractivity contribution in [2.75, 3.05) is 79.3 Å². The minimum Gasteiger partial charge on any atom is -0.465 e. The minimum absolute atomic E-state index is 0.0400. The van der Waals surface area contributed by atoms with Crippen LogP contribution in [0.15, 0.2) is 0 Å². The van der Waals surface area contributed by atoms with Crippen LogP contribution in [0, 0.1) is 5.41 Å². The molecule has 0 unspecified atom stereocenters. The van der Waals surface area contributed by atoms with Gasteiger partial charge in [0.2, 0.25) is 0 Å². The molecule has 4 aliphatic rings. The molecule has 0 radical (unpaired) electrons. The second-order valence-electron chi connectivity index (χ2n) is 13.5. The first-order valence-electron chi connectivity index (χ1n) is 17.0. The van der Waals surface area contributed by atoms with Gasteiger partial charge < -0.3 is 56.8 Å². The molecule has 0 N–H and O–H groups in total. The first kappa shape index (κ1) is 39.3. The Kier molecular flexibility index (Phi) is 14.2. The molecule has 4 rings (SSSR count). The van der Waals surface area contributed by atoms with Crippen molar-refractivity contribution in [1.29, 1.82) is 0 Å². The minimum atomic E-state index is -1.44. The van der Waals surface area contributed by atoms with E-state index in [2.05, 4.69) is 0 Å². The van der Waals surface area contributed by atoms with E-state index in [0.717, 1.165) is 0 Å². The summed E-state index contributed by atoms with van der Waals surface area (Å²) in [5.74, 6) is -6.01. The largest absolute Gasteiger partial charge is 0.465 e. The Bertz CT molecular complexity index is 926. The summed E-state index contributed by atoms with van der Waals surface area (Å²) in [6, 6.07) is 0. The summed E-state index contributed by atoms with van der Waals surface area (Å²) in [6.07, 6.45) is 0.810. The third-order valence-electron chi connectivity index (χ3n) is 8.88. The monoisotopic (exact) mass is 704 g/mol. The second-order valence-corrected chi connectivity index (χ2v) is 13.5. The van der Waals surface area contributed by atoms with Crippen LogP contribution < -0.4 is 0 Å². The van der Waals surface area contributed by atoms with Gasteiger partial charge >= 0.3 is 23.9 Å². The number of carbonyl (C=O) groups is 4. The molecule has 4 saturated heterocycles. The summed E-state index contributed by atoms with van der Waals surface area (Å²) in [6.45, 7) is 8.74. The van der Waals surface area contributed by atoms with Crippen LogP contribution in [-0.4, -0.2) is 126 Å². The molecule has 0 amide bonds. The molecule has 0 saturated carbocycles. The Hall–Kier alpha value is -2.44. The third-order valence-corrected chi connectivity index (χ3v) is 8.88. The van der Waals surface area contributed by atoms with Gasteiger partial charge in [0.25, 0.3) is 0 Å². The van der Waals surface area contributed by atoms with Gasteiger partial charge in [-0.1, -0.05) is 0 Å². The van der Waals surface area contributed by atoms with Gasteiger partial charge in [-0.25, -0.2) is 0 Å². The van der Waals surface area contributed by atoms with Crippen LogP contribution in [-0.2, 0) is 76.0 Å². The van der Waals surface area contributed by atoms with Gasteiger partial charge in [-0.15, -0.1) is 0 Å². The molecular formula is C33H52O16. The number of hydrogen-bond acceptors (Lipinski definition) is 16. The van der Waals surface area contributed by atoms with E-state index in [9.17, 15) is 19.2 Å². The van der Waals surface area contributed by atoms with Crippen molar-refractivity contribution in [2.45, 2.75) is 102 Å². The topological polar surface area (TPSA) is 179 Å². The Labute approximate surface area is 286 Å². The van der Waals surface area contributed by atoms with Crippen molar-refractivity contribution in [1.82, 2.24) is 0 Å². The molecule has 0 aromatic rings. The number of carbonyl (C=O) groups excluding carboxylic acids is 4. The zero-order valence-corrected chi connectivity index (χ0v) is 29.2. The van der Waals surface area contributed by atoms with E-state index in [0.29, 0.717) is 52.9 Å². The Balaban J connectivity index is 1.42. The van der Waals surface area contributed by atoms with E-state index in [1.807, 2.05) is 0 Å². The average Bonchev–Trinajstić information content (AvgIpc) is 3.91. The van der Waals surface area contributed by atoms with Crippen LogP contribution in [0.1, 0.15) is 79.1 Å². The van der Waals surface area contributed by atoms with Crippen molar-refractivity contribution in [2.24, 2.45) is 5.41 Å². The summed E-state index contributed by atoms with van der Waals surface area (Å²) < 4.78 is 67.2. The van der Waals surface area contributed by atoms with E-state index in [4.69, 9.17) is 56.8 Å². The SMILES string of the molecule is CC1(CCC(=O)OCC(COC(=O)CCC2(C)OCCO2)(COC(=O)CCC2(C)OCCO2)COC(=O)CCC2(C)OCCO2)OCCO1. The maximum Gasteiger partial charge on any atom is 0.306 e.